The van der Waals surface area contributed by atoms with Gasteiger partial charge in [-0.05, 0) is 62.1 Å². The number of aliphatic carboxylic acids is 1. The van der Waals surface area contributed by atoms with E-state index in [4.69, 9.17) is 24.2 Å². The number of methoxy groups -OCH3 is 2. The van der Waals surface area contributed by atoms with E-state index in [0.29, 0.717) is 44.4 Å². The highest BCUT2D eigenvalue weighted by atomic mass is 19.4. The largest absolute Gasteiger partial charge is 0.502 e. The van der Waals surface area contributed by atoms with Crippen LogP contribution in [0.1, 0.15) is 92.6 Å². The number of benzene rings is 1. The smallest absolute Gasteiger partial charge is 0.490 e. The minimum atomic E-state index is -5.08. The zero-order valence-electron chi connectivity index (χ0n) is 40.9. The van der Waals surface area contributed by atoms with Gasteiger partial charge in [0.15, 0.2) is 11.5 Å². The van der Waals surface area contributed by atoms with Crippen LogP contribution in [0, 0.1) is 33.8 Å². The van der Waals surface area contributed by atoms with E-state index in [9.17, 15) is 52.4 Å². The molecule has 1 aromatic rings. The molecule has 3 rings (SSSR count). The van der Waals surface area contributed by atoms with Crippen molar-refractivity contribution in [2.24, 2.45) is 23.7 Å². The maximum Gasteiger partial charge on any atom is 0.490 e. The highest BCUT2D eigenvalue weighted by Crippen LogP contribution is 2.29. The van der Waals surface area contributed by atoms with Crippen molar-refractivity contribution in [1.29, 1.82) is 0 Å². The Morgan fingerprint density at radius 3 is 2.09 bits per heavy atom. The molecule has 0 saturated carbocycles. The summed E-state index contributed by atoms with van der Waals surface area (Å²) in [5, 5.41) is 42.0. The number of amides is 4. The first-order chi connectivity index (χ1) is 31.7. The van der Waals surface area contributed by atoms with E-state index < -0.39 is 94.7 Å². The van der Waals surface area contributed by atoms with Crippen LogP contribution < -0.4 is 21.3 Å². The summed E-state index contributed by atoms with van der Waals surface area (Å²) >= 11 is 0. The number of nitrogens with one attached hydrogen (secondary N) is 4. The van der Waals surface area contributed by atoms with Gasteiger partial charge in [0.1, 0.15) is 12.1 Å². The number of phenolic OH excluding ortho intramolecular Hbond substituents is 1. The Labute approximate surface area is 395 Å². The standard InChI is InChI=1S/C43H71N7O11.C2HF3O2/c1-12-26(6)38(48(9)43(56)37(25(4)5)47-41(54)36(44-8)24(2)3)35(59-10)23-34(52)29-16-17-30(45-29)39(60-11)27(7)40(53)46-31(42(55)49-19-13-14-20-61-49)21-28-15-18-33(51)32(22-28)50(57)58;3-2(4,5)1(6)7/h15,18,22,24-27,29-31,35-39,44-45,51H,12-14,16-17,19-21,23H2,1-11H3,(H,46,53)(H,47,54);(H,6,7)/t26-,27+,29?,30-,31-,35+,36-,37-,38-,39+;/m0./s1. The fourth-order valence-electron chi connectivity index (χ4n) is 8.49. The highest BCUT2D eigenvalue weighted by molar-refractivity contribution is 5.91. The monoisotopic (exact) mass is 976 g/mol. The van der Waals surface area contributed by atoms with Crippen LogP contribution in [0.15, 0.2) is 18.2 Å². The number of carbonyl (C=O) groups excluding carboxylic acids is 5. The third-order valence-electron chi connectivity index (χ3n) is 12.5. The number of hydrogen-bond donors (Lipinski definition) is 6. The molecule has 68 heavy (non-hydrogen) atoms. The molecular weight excluding hydrogens is 904 g/mol. The molecule has 2 fully saturated rings. The Balaban J connectivity index is 0.00000209. The van der Waals surface area contributed by atoms with Gasteiger partial charge in [0.25, 0.3) is 5.91 Å². The number of carbonyl (C=O) groups is 6. The number of carboxylic acid groups (broad SMARTS) is 1. The minimum Gasteiger partial charge on any atom is -0.502 e. The zero-order valence-corrected chi connectivity index (χ0v) is 40.9. The second kappa shape index (κ2) is 27.3. The van der Waals surface area contributed by atoms with Crippen LogP contribution in [0.25, 0.3) is 0 Å². The van der Waals surface area contributed by atoms with E-state index >= 15 is 0 Å². The summed E-state index contributed by atoms with van der Waals surface area (Å²) in [5.41, 5.74) is -0.169. The Morgan fingerprint density at radius 2 is 1.60 bits per heavy atom. The number of aromatic hydroxyl groups is 1. The number of ether oxygens (including phenoxy) is 2. The van der Waals surface area contributed by atoms with Crippen LogP contribution in [0.4, 0.5) is 18.9 Å². The number of Topliss-reactive ketones (excluding diaryl/α,β-unsaturated/α-hetero) is 1. The summed E-state index contributed by atoms with van der Waals surface area (Å²) in [6.07, 6.45) is -3.38. The summed E-state index contributed by atoms with van der Waals surface area (Å²) in [5.74, 6) is -6.00. The van der Waals surface area contributed by atoms with Gasteiger partial charge < -0.3 is 45.9 Å². The van der Waals surface area contributed by atoms with Gasteiger partial charge in [-0.2, -0.15) is 13.2 Å². The number of nitro benzene ring substituents is 1. The predicted molar refractivity (Wildman–Crippen MR) is 242 cm³/mol. The van der Waals surface area contributed by atoms with Gasteiger partial charge in [-0.3, -0.25) is 38.9 Å². The molecule has 23 heteroatoms. The topological polar surface area (TPSA) is 268 Å². The minimum absolute atomic E-state index is 0.00550. The average Bonchev–Trinajstić information content (AvgIpc) is 3.78. The average molecular weight is 976 g/mol. The molecule has 1 unspecified atom stereocenters. The molecule has 0 spiro atoms. The molecule has 20 nitrogen and oxygen atoms in total. The highest BCUT2D eigenvalue weighted by Gasteiger charge is 2.43. The summed E-state index contributed by atoms with van der Waals surface area (Å²) in [6, 6.07) is -0.0833. The molecule has 4 amide bonds. The maximum atomic E-state index is 14.2. The third-order valence-corrected chi connectivity index (χ3v) is 12.5. The van der Waals surface area contributed by atoms with Crippen molar-refractivity contribution in [2.75, 3.05) is 41.5 Å². The van der Waals surface area contributed by atoms with Crippen LogP contribution >= 0.6 is 0 Å². The van der Waals surface area contributed by atoms with E-state index in [1.807, 2.05) is 41.5 Å². The zero-order chi connectivity index (χ0) is 51.8. The lowest BCUT2D eigenvalue weighted by Crippen LogP contribution is -2.59. The second-order valence-electron chi connectivity index (χ2n) is 18.0. The number of hydrogen-bond acceptors (Lipinski definition) is 14. The van der Waals surface area contributed by atoms with Crippen molar-refractivity contribution in [3.8, 4) is 5.75 Å². The number of rotatable bonds is 23. The molecule has 2 aliphatic rings. The van der Waals surface area contributed by atoms with Gasteiger partial charge >= 0.3 is 17.8 Å². The van der Waals surface area contributed by atoms with Gasteiger partial charge in [-0.1, -0.05) is 61.0 Å². The number of phenols is 1. The van der Waals surface area contributed by atoms with Crippen LogP contribution in [-0.4, -0.2) is 157 Å². The molecule has 0 aliphatic carbocycles. The van der Waals surface area contributed by atoms with E-state index in [0.717, 1.165) is 6.42 Å². The molecule has 2 heterocycles. The molecule has 1 aromatic carbocycles. The molecule has 386 valence electrons. The SMILES string of the molecule is CC[C@H](C)[C@@H]([C@@H](CC(=O)C1CC[C@@H]([C@H](OC)[C@@H](C)C(=O)N[C@@H](Cc2ccc(O)c([N+](=O)[O-])c2)C(=O)N2CCCCO2)N1)OC)N(C)C(=O)[C@@H](NC(=O)[C@@H](NC)C(C)C)C(C)C.O=C(O)C(F)(F)F. The third kappa shape index (κ3) is 16.6. The van der Waals surface area contributed by atoms with E-state index in [2.05, 4.69) is 21.3 Å². The Bertz CT molecular complexity index is 1870. The van der Waals surface area contributed by atoms with Gasteiger partial charge in [0, 0.05) is 52.8 Å². The van der Waals surface area contributed by atoms with Crippen molar-refractivity contribution >= 4 is 41.1 Å². The van der Waals surface area contributed by atoms with Crippen molar-refractivity contribution in [3.63, 3.8) is 0 Å². The van der Waals surface area contributed by atoms with Gasteiger partial charge in [-0.15, -0.1) is 0 Å². The van der Waals surface area contributed by atoms with E-state index in [1.165, 1.54) is 37.5 Å². The van der Waals surface area contributed by atoms with Crippen molar-refractivity contribution in [2.45, 2.75) is 148 Å². The first-order valence-electron chi connectivity index (χ1n) is 22.9. The molecule has 2 aliphatic heterocycles. The summed E-state index contributed by atoms with van der Waals surface area (Å²) in [7, 11) is 6.41. The fourth-order valence-corrected chi connectivity index (χ4v) is 8.49. The van der Waals surface area contributed by atoms with Gasteiger partial charge in [0.2, 0.25) is 17.7 Å². The summed E-state index contributed by atoms with van der Waals surface area (Å²) in [6.45, 7) is 14.0. The first kappa shape index (κ1) is 59.2. The molecule has 10 atom stereocenters. The van der Waals surface area contributed by atoms with Crippen molar-refractivity contribution < 1.29 is 71.4 Å². The summed E-state index contributed by atoms with van der Waals surface area (Å²) in [4.78, 5) is 95.9. The van der Waals surface area contributed by atoms with Crippen molar-refractivity contribution in [3.05, 3.63) is 33.9 Å². The Kier molecular flexibility index (Phi) is 23.7. The number of likely N-dealkylation sites (N-methyl/N-ethyl adjacent to an activating group) is 2. The van der Waals surface area contributed by atoms with Crippen LogP contribution in [0.2, 0.25) is 0 Å². The Morgan fingerprint density at radius 1 is 0.985 bits per heavy atom. The quantitative estimate of drug-likeness (QED) is 0.0677. The molecule has 0 aromatic heterocycles. The molecule has 6 N–H and O–H groups in total. The van der Waals surface area contributed by atoms with Crippen LogP contribution in [0.3, 0.4) is 0 Å². The number of ketones is 1. The maximum absolute atomic E-state index is 14.2. The van der Waals surface area contributed by atoms with Crippen LogP contribution in [-0.2, 0) is 49.5 Å². The van der Waals surface area contributed by atoms with Crippen molar-refractivity contribution in [1.82, 2.24) is 31.2 Å². The number of alkyl halides is 3. The second-order valence-corrected chi connectivity index (χ2v) is 18.0. The number of nitrogens with zero attached hydrogens (tertiary/aromatic N) is 3. The lowest BCUT2D eigenvalue weighted by Gasteiger charge is -2.40. The van der Waals surface area contributed by atoms with Crippen LogP contribution in [0.5, 0.6) is 5.75 Å². The molecular formula is C45H72F3N7O13. The number of nitro groups is 1. The number of halogens is 3. The first-order valence-corrected chi connectivity index (χ1v) is 22.9. The normalized spacial score (nSPS) is 19.9. The fraction of sp³-hybridized carbons (Fsp3) is 0.733. The van der Waals surface area contributed by atoms with E-state index in [-0.39, 0.29) is 48.2 Å². The molecule has 0 bridgehead atoms. The van der Waals surface area contributed by atoms with Gasteiger partial charge in [-0.25, -0.2) is 9.86 Å². The molecule has 0 radical (unpaired) electrons. The number of carboxylic acids is 1. The molecule has 2 saturated heterocycles. The lowest BCUT2D eigenvalue weighted by molar-refractivity contribution is -0.385. The lowest BCUT2D eigenvalue weighted by atomic mass is 9.88. The predicted octanol–water partition coefficient (Wildman–Crippen LogP) is 3.52. The summed E-state index contributed by atoms with van der Waals surface area (Å²) < 4.78 is 43.6. The number of hydroxylamine groups is 2. The van der Waals surface area contributed by atoms with Gasteiger partial charge in [0.05, 0.1) is 47.8 Å². The Hall–Kier alpha value is -4.97. The van der Waals surface area contributed by atoms with E-state index in [1.54, 1.807) is 25.9 Å².